The van der Waals surface area contributed by atoms with Crippen molar-refractivity contribution < 1.29 is 0 Å². The first-order chi connectivity index (χ1) is 30.8. The van der Waals surface area contributed by atoms with Gasteiger partial charge in [0.15, 0.2) is 0 Å². The summed E-state index contributed by atoms with van der Waals surface area (Å²) in [7, 11) is 0. The Labute approximate surface area is 357 Å². The molecular weight excluding hydrogens is 749 g/mol. The van der Waals surface area contributed by atoms with Crippen LogP contribution in [0.25, 0.3) is 132 Å². The highest BCUT2D eigenvalue weighted by molar-refractivity contribution is 6.22. The van der Waals surface area contributed by atoms with Crippen molar-refractivity contribution in [1.29, 1.82) is 0 Å². The maximum absolute atomic E-state index is 2.53. The van der Waals surface area contributed by atoms with Crippen molar-refractivity contribution in [3.8, 4) is 55.9 Å². The number of para-hydroxylation sites is 2. The van der Waals surface area contributed by atoms with Crippen LogP contribution in [0.4, 0.5) is 0 Å². The summed E-state index contributed by atoms with van der Waals surface area (Å²) in [4.78, 5) is 0. The van der Waals surface area contributed by atoms with Crippen molar-refractivity contribution in [3.63, 3.8) is 0 Å². The highest BCUT2D eigenvalue weighted by Crippen LogP contribution is 2.50. The normalized spacial score (nSPS) is 12.2. The van der Waals surface area contributed by atoms with Crippen LogP contribution in [0.1, 0.15) is 0 Å². The highest BCUT2D eigenvalue weighted by atomic mass is 15.0. The van der Waals surface area contributed by atoms with E-state index < -0.39 is 0 Å². The van der Waals surface area contributed by atoms with Crippen molar-refractivity contribution in [2.75, 3.05) is 0 Å². The van der Waals surface area contributed by atoms with Gasteiger partial charge in [-0.2, -0.15) is 0 Å². The summed E-state index contributed by atoms with van der Waals surface area (Å²) in [6, 6.07) is 81.0. The lowest BCUT2D eigenvalue weighted by Gasteiger charge is -2.16. The minimum atomic E-state index is 1.17. The Morgan fingerprint density at radius 3 is 1.63 bits per heavy atom. The van der Waals surface area contributed by atoms with E-state index in [2.05, 4.69) is 228 Å². The van der Waals surface area contributed by atoms with E-state index in [1.165, 1.54) is 132 Å². The van der Waals surface area contributed by atoms with E-state index in [1.54, 1.807) is 0 Å². The fourth-order valence-electron chi connectivity index (χ4n) is 11.0. The van der Waals surface area contributed by atoms with E-state index in [9.17, 15) is 0 Å². The molecule has 0 unspecified atom stereocenters. The van der Waals surface area contributed by atoms with E-state index in [-0.39, 0.29) is 0 Å². The van der Waals surface area contributed by atoms with Crippen molar-refractivity contribution in [1.82, 2.24) is 9.13 Å². The molecule has 0 amide bonds. The Morgan fingerprint density at radius 1 is 0.258 bits per heavy atom. The van der Waals surface area contributed by atoms with Crippen molar-refractivity contribution in [3.05, 3.63) is 218 Å². The quantitative estimate of drug-likeness (QED) is 0.168. The van der Waals surface area contributed by atoms with Crippen LogP contribution in [0.5, 0.6) is 0 Å². The maximum atomic E-state index is 2.53. The minimum absolute atomic E-state index is 1.17. The number of fused-ring (bicyclic) bond motifs is 12. The largest absolute Gasteiger partial charge is 0.309 e. The van der Waals surface area contributed by atoms with Gasteiger partial charge in [0.05, 0.1) is 27.8 Å². The molecule has 2 aromatic heterocycles. The zero-order valence-corrected chi connectivity index (χ0v) is 33.7. The Kier molecular flexibility index (Phi) is 6.86. The summed E-state index contributed by atoms with van der Waals surface area (Å²) < 4.78 is 4.92. The molecule has 13 aromatic rings. The molecule has 0 atom stereocenters. The molecule has 0 saturated heterocycles. The van der Waals surface area contributed by atoms with Gasteiger partial charge in [-0.25, -0.2) is 0 Å². The van der Waals surface area contributed by atoms with Gasteiger partial charge in [-0.1, -0.05) is 170 Å². The number of hydrogen-bond donors (Lipinski definition) is 0. The van der Waals surface area contributed by atoms with Crippen molar-refractivity contribution in [2.45, 2.75) is 0 Å². The predicted octanol–water partition coefficient (Wildman–Crippen LogP) is 16.3. The van der Waals surface area contributed by atoms with Gasteiger partial charge in [0, 0.05) is 38.0 Å². The average molecular weight is 785 g/mol. The summed E-state index contributed by atoms with van der Waals surface area (Å²) in [6.07, 6.45) is 0. The summed E-state index contributed by atoms with van der Waals surface area (Å²) in [5.41, 5.74) is 17.4. The van der Waals surface area contributed by atoms with E-state index >= 15 is 0 Å². The fourth-order valence-corrected chi connectivity index (χ4v) is 11.0. The van der Waals surface area contributed by atoms with E-state index in [0.29, 0.717) is 0 Å². The van der Waals surface area contributed by atoms with Gasteiger partial charge in [0.25, 0.3) is 0 Å². The number of hydrogen-bond acceptors (Lipinski definition) is 0. The van der Waals surface area contributed by atoms with E-state index in [1.807, 2.05) is 0 Å². The van der Waals surface area contributed by atoms with Gasteiger partial charge < -0.3 is 9.13 Å². The summed E-state index contributed by atoms with van der Waals surface area (Å²) in [5.74, 6) is 0. The third-order valence-electron chi connectivity index (χ3n) is 13.7. The molecule has 2 nitrogen and oxygen atoms in total. The fraction of sp³-hybridized carbons (Fsp3) is 0. The van der Waals surface area contributed by atoms with Crippen molar-refractivity contribution >= 4 is 75.9 Å². The first kappa shape index (κ1) is 33.6. The van der Waals surface area contributed by atoms with Crippen LogP contribution in [0.3, 0.4) is 0 Å². The smallest absolute Gasteiger partial charge is 0.0619 e. The lowest BCUT2D eigenvalue weighted by Crippen LogP contribution is -1.97. The molecular formula is C60H36N2. The molecule has 1 aliphatic rings. The second-order valence-electron chi connectivity index (χ2n) is 16.8. The second kappa shape index (κ2) is 12.7. The van der Waals surface area contributed by atoms with Crippen LogP contribution >= 0.6 is 0 Å². The third kappa shape index (κ3) is 4.58. The summed E-state index contributed by atoms with van der Waals surface area (Å²) >= 11 is 0. The van der Waals surface area contributed by atoms with Gasteiger partial charge in [-0.15, -0.1) is 0 Å². The summed E-state index contributed by atoms with van der Waals surface area (Å²) in [6.45, 7) is 0. The van der Waals surface area contributed by atoms with Crippen LogP contribution in [-0.4, -0.2) is 9.13 Å². The predicted molar refractivity (Wildman–Crippen MR) is 263 cm³/mol. The summed E-state index contributed by atoms with van der Waals surface area (Å²) in [5, 5.41) is 12.6. The standard InChI is InChI=1S/C60H36N2/c1-2-14-40(15-3-1)61-55-25-9-8-19-48(55)53-35-38(28-33-57(53)61)39-29-34-58-54(36-39)52-30-27-37-13-4-5-16-41(37)60(52)62(58)56-26-12-21-43-42(20-10-22-47(43)56)46-31-32-51-45-18-7-6-17-44(45)49-23-11-24-50(46)59(49)51/h1-36H. The average Bonchev–Trinajstić information content (AvgIpc) is 3.98. The van der Waals surface area contributed by atoms with Crippen LogP contribution in [0.15, 0.2) is 218 Å². The first-order valence-electron chi connectivity index (χ1n) is 21.5. The molecule has 2 heteroatoms. The molecule has 1 aliphatic carbocycles. The zero-order chi connectivity index (χ0) is 40.5. The highest BCUT2D eigenvalue weighted by Gasteiger charge is 2.24. The van der Waals surface area contributed by atoms with Crippen molar-refractivity contribution in [2.24, 2.45) is 0 Å². The number of nitrogens with zero attached hydrogens (tertiary/aromatic N) is 2. The molecule has 2 heterocycles. The second-order valence-corrected chi connectivity index (χ2v) is 16.8. The first-order valence-corrected chi connectivity index (χ1v) is 21.5. The van der Waals surface area contributed by atoms with Crippen LogP contribution in [0, 0.1) is 0 Å². The molecule has 0 radical (unpaired) electrons. The molecule has 0 N–H and O–H groups in total. The molecule has 11 aromatic carbocycles. The Hall–Kier alpha value is -8.20. The lowest BCUT2D eigenvalue weighted by atomic mass is 9.91. The SMILES string of the molecule is c1ccc(-n2c3ccccc3c3cc(-c4ccc5c(c4)c4ccc6ccccc6c4n5-c4cccc5c(-c6ccc7c8c(cccc68)-c6ccccc6-7)cccc45)ccc32)cc1. The molecule has 0 aliphatic heterocycles. The monoisotopic (exact) mass is 784 g/mol. The molecule has 0 spiro atoms. The molecule has 62 heavy (non-hydrogen) atoms. The topological polar surface area (TPSA) is 9.86 Å². The molecule has 14 rings (SSSR count). The van der Waals surface area contributed by atoms with Crippen LogP contribution < -0.4 is 0 Å². The minimum Gasteiger partial charge on any atom is -0.309 e. The maximum Gasteiger partial charge on any atom is 0.0619 e. The Bertz CT molecular complexity index is 4000. The number of rotatable bonds is 4. The van der Waals surface area contributed by atoms with Gasteiger partial charge in [0.2, 0.25) is 0 Å². The number of benzene rings is 11. The van der Waals surface area contributed by atoms with Gasteiger partial charge in [0.1, 0.15) is 0 Å². The Morgan fingerprint density at radius 2 is 0.806 bits per heavy atom. The molecule has 0 saturated carbocycles. The van der Waals surface area contributed by atoms with Crippen LogP contribution in [-0.2, 0) is 0 Å². The molecule has 286 valence electrons. The Balaban J connectivity index is 0.989. The zero-order valence-electron chi connectivity index (χ0n) is 33.7. The molecule has 0 fully saturated rings. The molecule has 0 bridgehead atoms. The van der Waals surface area contributed by atoms with E-state index in [0.717, 1.165) is 0 Å². The van der Waals surface area contributed by atoms with Gasteiger partial charge in [-0.3, -0.25) is 0 Å². The van der Waals surface area contributed by atoms with Crippen LogP contribution in [0.2, 0.25) is 0 Å². The van der Waals surface area contributed by atoms with Gasteiger partial charge in [-0.05, 0) is 115 Å². The lowest BCUT2D eigenvalue weighted by molar-refractivity contribution is 1.18. The third-order valence-corrected chi connectivity index (χ3v) is 13.7. The number of aromatic nitrogens is 2. The van der Waals surface area contributed by atoms with Gasteiger partial charge >= 0.3 is 0 Å². The van der Waals surface area contributed by atoms with E-state index in [4.69, 9.17) is 0 Å².